The van der Waals surface area contributed by atoms with Crippen molar-refractivity contribution in [2.24, 2.45) is 5.73 Å². The summed E-state index contributed by atoms with van der Waals surface area (Å²) in [7, 11) is 1.43. The lowest BCUT2D eigenvalue weighted by Crippen LogP contribution is -2.13. The Balaban J connectivity index is 2.26. The molecule has 8 heteroatoms. The number of primary amides is 1. The molecule has 2 aromatic rings. The lowest BCUT2D eigenvalue weighted by atomic mass is 10.1. The minimum Gasteiger partial charge on any atom is -0.496 e. The van der Waals surface area contributed by atoms with Crippen LogP contribution in [0.15, 0.2) is 30.6 Å². The molecular weight excluding hydrogens is 276 g/mol. The van der Waals surface area contributed by atoms with Gasteiger partial charge >= 0.3 is 0 Å². The number of amides is 1. The van der Waals surface area contributed by atoms with E-state index in [0.717, 1.165) is 5.56 Å². The molecular formula is C13H12N4O4. The standard InChI is InChI=1S/C13H12N4O4/c1-21-12-5-10(17(19)20)3-2-8(12)4-9-6-16-11(7-15-9)13(14)18/h2-3,5-7H,4H2,1H3,(H2,14,18). The molecule has 1 heterocycles. The largest absolute Gasteiger partial charge is 0.496 e. The maximum Gasteiger partial charge on any atom is 0.273 e. The van der Waals surface area contributed by atoms with Gasteiger partial charge in [-0.15, -0.1) is 0 Å². The smallest absolute Gasteiger partial charge is 0.273 e. The predicted octanol–water partition coefficient (Wildman–Crippen LogP) is 1.08. The molecule has 108 valence electrons. The molecule has 0 radical (unpaired) electrons. The number of rotatable bonds is 5. The molecule has 1 aromatic heterocycles. The summed E-state index contributed by atoms with van der Waals surface area (Å²) >= 11 is 0. The van der Waals surface area contributed by atoms with Crippen molar-refractivity contribution in [2.45, 2.75) is 6.42 Å². The van der Waals surface area contributed by atoms with Crippen LogP contribution in [-0.2, 0) is 6.42 Å². The maximum absolute atomic E-state index is 10.9. The van der Waals surface area contributed by atoms with E-state index in [1.165, 1.54) is 31.6 Å². The van der Waals surface area contributed by atoms with E-state index in [2.05, 4.69) is 9.97 Å². The fourth-order valence-corrected chi connectivity index (χ4v) is 1.76. The number of carbonyl (C=O) groups is 1. The number of carbonyl (C=O) groups excluding carboxylic acids is 1. The number of ether oxygens (including phenoxy) is 1. The first-order valence-corrected chi connectivity index (χ1v) is 5.93. The predicted molar refractivity (Wildman–Crippen MR) is 73.0 cm³/mol. The Kier molecular flexibility index (Phi) is 4.07. The Morgan fingerprint density at radius 2 is 2.14 bits per heavy atom. The van der Waals surface area contributed by atoms with E-state index in [0.29, 0.717) is 17.9 Å². The molecule has 2 rings (SSSR count). The zero-order valence-corrected chi connectivity index (χ0v) is 11.1. The highest BCUT2D eigenvalue weighted by atomic mass is 16.6. The van der Waals surface area contributed by atoms with Crippen LogP contribution in [0.4, 0.5) is 5.69 Å². The van der Waals surface area contributed by atoms with E-state index in [9.17, 15) is 14.9 Å². The van der Waals surface area contributed by atoms with E-state index in [-0.39, 0.29) is 11.4 Å². The monoisotopic (exact) mass is 288 g/mol. The van der Waals surface area contributed by atoms with Crippen molar-refractivity contribution >= 4 is 11.6 Å². The van der Waals surface area contributed by atoms with Crippen molar-refractivity contribution in [3.8, 4) is 5.75 Å². The Labute approximate surface area is 119 Å². The van der Waals surface area contributed by atoms with E-state index in [1.807, 2.05) is 0 Å². The van der Waals surface area contributed by atoms with Gasteiger partial charge in [0.15, 0.2) is 0 Å². The third-order valence-corrected chi connectivity index (χ3v) is 2.81. The van der Waals surface area contributed by atoms with Gasteiger partial charge in [0.2, 0.25) is 0 Å². The number of nitro groups is 1. The zero-order chi connectivity index (χ0) is 15.4. The Hall–Kier alpha value is -3.03. The molecule has 1 amide bonds. The highest BCUT2D eigenvalue weighted by molar-refractivity contribution is 5.90. The molecule has 0 aliphatic heterocycles. The second-order valence-corrected chi connectivity index (χ2v) is 4.19. The van der Waals surface area contributed by atoms with Crippen molar-refractivity contribution < 1.29 is 14.5 Å². The molecule has 0 spiro atoms. The van der Waals surface area contributed by atoms with Gasteiger partial charge in [0.05, 0.1) is 30.0 Å². The van der Waals surface area contributed by atoms with Crippen molar-refractivity contribution in [1.82, 2.24) is 9.97 Å². The van der Waals surface area contributed by atoms with Gasteiger partial charge in [-0.25, -0.2) is 4.98 Å². The number of hydrogen-bond donors (Lipinski definition) is 1. The average Bonchev–Trinajstić information content (AvgIpc) is 2.48. The number of nitrogens with zero attached hydrogens (tertiary/aromatic N) is 3. The van der Waals surface area contributed by atoms with Crippen molar-refractivity contribution in [3.63, 3.8) is 0 Å². The Morgan fingerprint density at radius 1 is 1.38 bits per heavy atom. The maximum atomic E-state index is 10.9. The molecule has 0 aliphatic carbocycles. The van der Waals surface area contributed by atoms with Gasteiger partial charge in [0.25, 0.3) is 11.6 Å². The fourth-order valence-electron chi connectivity index (χ4n) is 1.76. The van der Waals surface area contributed by atoms with Crippen LogP contribution in [0, 0.1) is 10.1 Å². The fraction of sp³-hybridized carbons (Fsp3) is 0.154. The third kappa shape index (κ3) is 3.30. The third-order valence-electron chi connectivity index (χ3n) is 2.81. The van der Waals surface area contributed by atoms with Gasteiger partial charge < -0.3 is 10.5 Å². The van der Waals surface area contributed by atoms with E-state index in [1.54, 1.807) is 6.07 Å². The van der Waals surface area contributed by atoms with Gasteiger partial charge in [-0.2, -0.15) is 0 Å². The SMILES string of the molecule is COc1cc([N+](=O)[O-])ccc1Cc1cnc(C(N)=O)cn1. The highest BCUT2D eigenvalue weighted by Crippen LogP contribution is 2.26. The van der Waals surface area contributed by atoms with Crippen LogP contribution in [0.5, 0.6) is 5.75 Å². The minimum absolute atomic E-state index is 0.0502. The summed E-state index contributed by atoms with van der Waals surface area (Å²) in [5, 5.41) is 10.7. The van der Waals surface area contributed by atoms with Crippen molar-refractivity contribution in [2.75, 3.05) is 7.11 Å². The molecule has 0 aliphatic rings. The van der Waals surface area contributed by atoms with Crippen LogP contribution in [0.3, 0.4) is 0 Å². The molecule has 0 unspecified atom stereocenters. The zero-order valence-electron chi connectivity index (χ0n) is 11.1. The first kappa shape index (κ1) is 14.4. The number of aromatic nitrogens is 2. The second-order valence-electron chi connectivity index (χ2n) is 4.19. The minimum atomic E-state index is -0.651. The molecule has 0 saturated carbocycles. The van der Waals surface area contributed by atoms with Crippen LogP contribution < -0.4 is 10.5 Å². The van der Waals surface area contributed by atoms with Gasteiger partial charge in [0.1, 0.15) is 11.4 Å². The van der Waals surface area contributed by atoms with Gasteiger partial charge in [-0.05, 0) is 6.07 Å². The molecule has 0 atom stereocenters. The summed E-state index contributed by atoms with van der Waals surface area (Å²) in [6.45, 7) is 0. The number of nitro benzene ring substituents is 1. The van der Waals surface area contributed by atoms with Crippen LogP contribution in [0.2, 0.25) is 0 Å². The van der Waals surface area contributed by atoms with Crippen molar-refractivity contribution in [3.05, 3.63) is 57.7 Å². The normalized spacial score (nSPS) is 10.1. The number of hydrogen-bond acceptors (Lipinski definition) is 6. The highest BCUT2D eigenvalue weighted by Gasteiger charge is 2.12. The molecule has 0 fully saturated rings. The summed E-state index contributed by atoms with van der Waals surface area (Å²) in [5.41, 5.74) is 6.43. The Bertz CT molecular complexity index is 685. The van der Waals surface area contributed by atoms with E-state index < -0.39 is 10.8 Å². The quantitative estimate of drug-likeness (QED) is 0.649. The topological polar surface area (TPSA) is 121 Å². The number of non-ortho nitro benzene ring substituents is 1. The molecule has 0 bridgehead atoms. The van der Waals surface area contributed by atoms with Crippen LogP contribution in [0.25, 0.3) is 0 Å². The molecule has 0 saturated heterocycles. The number of benzene rings is 1. The summed E-state index contributed by atoms with van der Waals surface area (Å²) in [6.07, 6.45) is 3.09. The van der Waals surface area contributed by atoms with Gasteiger partial charge in [0, 0.05) is 24.2 Å². The second kappa shape index (κ2) is 5.95. The summed E-state index contributed by atoms with van der Waals surface area (Å²) in [6, 6.07) is 4.34. The molecule has 1 aromatic carbocycles. The number of nitrogens with two attached hydrogens (primary N) is 1. The van der Waals surface area contributed by atoms with Gasteiger partial charge in [-0.3, -0.25) is 19.9 Å². The van der Waals surface area contributed by atoms with Crippen LogP contribution in [0.1, 0.15) is 21.7 Å². The van der Waals surface area contributed by atoms with Gasteiger partial charge in [-0.1, -0.05) is 0 Å². The lowest BCUT2D eigenvalue weighted by Gasteiger charge is -2.07. The molecule has 8 nitrogen and oxygen atoms in total. The summed E-state index contributed by atoms with van der Waals surface area (Å²) in [5.74, 6) is -0.257. The first-order chi connectivity index (χ1) is 10.0. The van der Waals surface area contributed by atoms with E-state index in [4.69, 9.17) is 10.5 Å². The van der Waals surface area contributed by atoms with Crippen LogP contribution >= 0.6 is 0 Å². The molecule has 2 N–H and O–H groups in total. The Morgan fingerprint density at radius 3 is 2.67 bits per heavy atom. The summed E-state index contributed by atoms with van der Waals surface area (Å²) < 4.78 is 5.14. The van der Waals surface area contributed by atoms with Crippen molar-refractivity contribution in [1.29, 1.82) is 0 Å². The average molecular weight is 288 g/mol. The van der Waals surface area contributed by atoms with Crippen LogP contribution in [-0.4, -0.2) is 27.9 Å². The van der Waals surface area contributed by atoms with E-state index >= 15 is 0 Å². The lowest BCUT2D eigenvalue weighted by molar-refractivity contribution is -0.384. The summed E-state index contributed by atoms with van der Waals surface area (Å²) in [4.78, 5) is 29.1. The number of methoxy groups -OCH3 is 1. The molecule has 21 heavy (non-hydrogen) atoms. The first-order valence-electron chi connectivity index (χ1n) is 5.93.